The van der Waals surface area contributed by atoms with Crippen LogP contribution in [0.25, 0.3) is 0 Å². The molecule has 1 unspecified atom stereocenters. The van der Waals surface area contributed by atoms with Crippen LogP contribution in [0.1, 0.15) is 32.8 Å². The van der Waals surface area contributed by atoms with E-state index in [1.807, 2.05) is 19.9 Å². The third kappa shape index (κ3) is 3.49. The highest BCUT2D eigenvalue weighted by atomic mass is 19.1. The van der Waals surface area contributed by atoms with Gasteiger partial charge in [-0.3, -0.25) is 0 Å². The van der Waals surface area contributed by atoms with Crippen LogP contribution in [-0.4, -0.2) is 31.3 Å². The third-order valence-corrected chi connectivity index (χ3v) is 3.82. The zero-order chi connectivity index (χ0) is 14.8. The number of nitrogens with two attached hydrogens (primary N) is 1. The second-order valence-electron chi connectivity index (χ2n) is 6.15. The van der Waals surface area contributed by atoms with Gasteiger partial charge in [0.2, 0.25) is 0 Å². The van der Waals surface area contributed by atoms with E-state index in [0.717, 1.165) is 18.5 Å². The summed E-state index contributed by atoms with van der Waals surface area (Å²) in [5, 5.41) is 0. The Labute approximate surface area is 120 Å². The predicted octanol–water partition coefficient (Wildman–Crippen LogP) is 2.72. The van der Waals surface area contributed by atoms with Crippen molar-refractivity contribution in [2.24, 2.45) is 5.73 Å². The summed E-state index contributed by atoms with van der Waals surface area (Å²) in [4.78, 5) is 2.09. The van der Waals surface area contributed by atoms with E-state index in [1.165, 1.54) is 6.07 Å². The van der Waals surface area contributed by atoms with Gasteiger partial charge in [0.1, 0.15) is 5.82 Å². The van der Waals surface area contributed by atoms with E-state index in [2.05, 4.69) is 11.8 Å². The van der Waals surface area contributed by atoms with Crippen LogP contribution >= 0.6 is 0 Å². The van der Waals surface area contributed by atoms with E-state index in [0.29, 0.717) is 25.3 Å². The highest BCUT2D eigenvalue weighted by Crippen LogP contribution is 2.29. The molecule has 1 heterocycles. The Hall–Kier alpha value is -1.13. The maximum atomic E-state index is 14.3. The molecule has 1 atom stereocenters. The molecule has 1 aliphatic rings. The highest BCUT2D eigenvalue weighted by Gasteiger charge is 2.29. The number of halogens is 1. The van der Waals surface area contributed by atoms with Crippen LogP contribution in [0.3, 0.4) is 0 Å². The Morgan fingerprint density at radius 2 is 2.20 bits per heavy atom. The van der Waals surface area contributed by atoms with Gasteiger partial charge in [-0.15, -0.1) is 0 Å². The molecule has 2 rings (SSSR count). The number of para-hydroxylation sites is 1. The summed E-state index contributed by atoms with van der Waals surface area (Å²) in [5.41, 5.74) is 7.49. The van der Waals surface area contributed by atoms with Crippen LogP contribution in [0.15, 0.2) is 18.2 Å². The standard InChI is InChI=1S/C16H25FN2O/c1-4-13(18)10-12-6-5-7-14(17)15(12)19-8-9-20-16(2,3)11-19/h5-7,13H,4,8-11,18H2,1-3H3. The van der Waals surface area contributed by atoms with E-state index in [-0.39, 0.29) is 17.5 Å². The first-order valence-electron chi connectivity index (χ1n) is 7.35. The van der Waals surface area contributed by atoms with Crippen molar-refractivity contribution in [2.45, 2.75) is 45.3 Å². The maximum Gasteiger partial charge on any atom is 0.146 e. The predicted molar refractivity (Wildman–Crippen MR) is 80.6 cm³/mol. The third-order valence-electron chi connectivity index (χ3n) is 3.82. The fourth-order valence-electron chi connectivity index (χ4n) is 2.71. The minimum absolute atomic E-state index is 0.0737. The van der Waals surface area contributed by atoms with Gasteiger partial charge in [-0.1, -0.05) is 19.1 Å². The number of morpholine rings is 1. The Morgan fingerprint density at radius 1 is 1.45 bits per heavy atom. The Morgan fingerprint density at radius 3 is 2.85 bits per heavy atom. The quantitative estimate of drug-likeness (QED) is 0.921. The Bertz CT molecular complexity index is 462. The summed E-state index contributed by atoms with van der Waals surface area (Å²) in [6.45, 7) is 8.18. The number of hydrogen-bond acceptors (Lipinski definition) is 3. The van der Waals surface area contributed by atoms with Crippen molar-refractivity contribution in [3.8, 4) is 0 Å². The number of hydrogen-bond donors (Lipinski definition) is 1. The van der Waals surface area contributed by atoms with Crippen LogP contribution in [0, 0.1) is 5.82 Å². The zero-order valence-electron chi connectivity index (χ0n) is 12.7. The number of rotatable bonds is 4. The van der Waals surface area contributed by atoms with Gasteiger partial charge in [0, 0.05) is 19.1 Å². The minimum Gasteiger partial charge on any atom is -0.372 e. The smallest absolute Gasteiger partial charge is 0.146 e. The van der Waals surface area contributed by atoms with Crippen molar-refractivity contribution in [2.75, 3.05) is 24.6 Å². The highest BCUT2D eigenvalue weighted by molar-refractivity contribution is 5.56. The molecular formula is C16H25FN2O. The fraction of sp³-hybridized carbons (Fsp3) is 0.625. The first-order valence-corrected chi connectivity index (χ1v) is 7.35. The molecule has 3 nitrogen and oxygen atoms in total. The summed E-state index contributed by atoms with van der Waals surface area (Å²) >= 11 is 0. The summed E-state index contributed by atoms with van der Waals surface area (Å²) in [6.07, 6.45) is 1.60. The van der Waals surface area contributed by atoms with Crippen LogP contribution in [0.2, 0.25) is 0 Å². The van der Waals surface area contributed by atoms with E-state index < -0.39 is 0 Å². The molecule has 112 valence electrons. The molecule has 0 spiro atoms. The SMILES string of the molecule is CCC(N)Cc1cccc(F)c1N1CCOC(C)(C)C1. The van der Waals surface area contributed by atoms with Gasteiger partial charge >= 0.3 is 0 Å². The molecule has 1 fully saturated rings. The van der Waals surface area contributed by atoms with Gasteiger partial charge in [-0.2, -0.15) is 0 Å². The van der Waals surface area contributed by atoms with Gasteiger partial charge in [0.15, 0.2) is 0 Å². The van der Waals surface area contributed by atoms with Crippen molar-refractivity contribution in [1.29, 1.82) is 0 Å². The fourth-order valence-corrected chi connectivity index (χ4v) is 2.71. The van der Waals surface area contributed by atoms with E-state index >= 15 is 0 Å². The molecule has 1 aromatic carbocycles. The van der Waals surface area contributed by atoms with Gasteiger partial charge in [0.25, 0.3) is 0 Å². The second kappa shape index (κ2) is 6.10. The van der Waals surface area contributed by atoms with Gasteiger partial charge in [0.05, 0.1) is 17.9 Å². The van der Waals surface area contributed by atoms with Crippen molar-refractivity contribution >= 4 is 5.69 Å². The number of nitrogens with zero attached hydrogens (tertiary/aromatic N) is 1. The van der Waals surface area contributed by atoms with Crippen LogP contribution in [0.5, 0.6) is 0 Å². The average Bonchev–Trinajstić information content (AvgIpc) is 2.37. The van der Waals surface area contributed by atoms with Crippen molar-refractivity contribution in [1.82, 2.24) is 0 Å². The van der Waals surface area contributed by atoms with Crippen LogP contribution in [-0.2, 0) is 11.2 Å². The number of benzene rings is 1. The molecule has 0 aliphatic carbocycles. The lowest BCUT2D eigenvalue weighted by Gasteiger charge is -2.40. The van der Waals surface area contributed by atoms with Gasteiger partial charge < -0.3 is 15.4 Å². The van der Waals surface area contributed by atoms with Crippen molar-refractivity contribution in [3.63, 3.8) is 0 Å². The summed E-state index contributed by atoms with van der Waals surface area (Å²) in [5.74, 6) is -0.163. The summed E-state index contributed by atoms with van der Waals surface area (Å²) in [7, 11) is 0. The molecule has 1 aromatic rings. The summed E-state index contributed by atoms with van der Waals surface area (Å²) in [6, 6.07) is 5.35. The van der Waals surface area contributed by atoms with Gasteiger partial charge in [-0.25, -0.2) is 4.39 Å². The van der Waals surface area contributed by atoms with Crippen molar-refractivity contribution in [3.05, 3.63) is 29.6 Å². The normalized spacial score (nSPS) is 19.9. The van der Waals surface area contributed by atoms with E-state index in [4.69, 9.17) is 10.5 Å². The van der Waals surface area contributed by atoms with Crippen LogP contribution < -0.4 is 10.6 Å². The largest absolute Gasteiger partial charge is 0.372 e. The number of anilines is 1. The molecule has 20 heavy (non-hydrogen) atoms. The van der Waals surface area contributed by atoms with E-state index in [9.17, 15) is 4.39 Å². The monoisotopic (exact) mass is 280 g/mol. The Kier molecular flexibility index (Phi) is 4.66. The van der Waals surface area contributed by atoms with Crippen molar-refractivity contribution < 1.29 is 9.13 Å². The van der Waals surface area contributed by atoms with Gasteiger partial charge in [-0.05, 0) is 38.3 Å². The lowest BCUT2D eigenvalue weighted by Crippen LogP contribution is -2.49. The minimum atomic E-state index is -0.245. The zero-order valence-corrected chi connectivity index (χ0v) is 12.7. The topological polar surface area (TPSA) is 38.5 Å². The summed E-state index contributed by atoms with van der Waals surface area (Å²) < 4.78 is 20.0. The molecule has 0 aromatic heterocycles. The average molecular weight is 280 g/mol. The molecule has 1 aliphatic heterocycles. The lowest BCUT2D eigenvalue weighted by molar-refractivity contribution is -0.0278. The molecule has 0 saturated carbocycles. The Balaban J connectivity index is 2.29. The second-order valence-corrected chi connectivity index (χ2v) is 6.15. The first kappa shape index (κ1) is 15.3. The molecule has 0 radical (unpaired) electrons. The van der Waals surface area contributed by atoms with E-state index in [1.54, 1.807) is 6.07 Å². The molecule has 0 bridgehead atoms. The maximum absolute atomic E-state index is 14.3. The number of ether oxygens (including phenoxy) is 1. The lowest BCUT2D eigenvalue weighted by atomic mass is 10.00. The molecule has 2 N–H and O–H groups in total. The molecule has 4 heteroatoms. The van der Waals surface area contributed by atoms with Crippen LogP contribution in [0.4, 0.5) is 10.1 Å². The molecule has 1 saturated heterocycles. The molecular weight excluding hydrogens is 255 g/mol. The molecule has 0 amide bonds. The first-order chi connectivity index (χ1) is 9.43.